The van der Waals surface area contributed by atoms with Crippen molar-refractivity contribution in [1.29, 1.82) is 0 Å². The van der Waals surface area contributed by atoms with Crippen molar-refractivity contribution < 1.29 is 4.79 Å². The van der Waals surface area contributed by atoms with Crippen LogP contribution >= 0.6 is 0 Å². The molecular formula is C23H23N5O2. The number of hydrogen-bond acceptors (Lipinski definition) is 4. The second kappa shape index (κ2) is 8.73. The molecule has 152 valence electrons. The van der Waals surface area contributed by atoms with Crippen molar-refractivity contribution in [3.63, 3.8) is 0 Å². The highest BCUT2D eigenvalue weighted by Crippen LogP contribution is 2.18. The minimum atomic E-state index is -0.288. The van der Waals surface area contributed by atoms with Crippen LogP contribution in [0.5, 0.6) is 0 Å². The van der Waals surface area contributed by atoms with Gasteiger partial charge < -0.3 is 5.32 Å². The normalized spacial score (nSPS) is 12.0. The minimum absolute atomic E-state index is 0.0862. The standard InChI is InChI=1S/C23H23N5O2/c1-2-9-20(17-10-5-3-6-11-17)26-21(29)15-27-16-24-22-19(23(27)30)14-25-28(22)18-12-7-4-8-13-18/h3-8,10-14,16,20H,2,9,15H2,1H3,(H,26,29)/t20-/m0/s1. The number of para-hydroxylation sites is 1. The minimum Gasteiger partial charge on any atom is -0.348 e. The first-order chi connectivity index (χ1) is 14.7. The van der Waals surface area contributed by atoms with Crippen LogP contribution in [0.4, 0.5) is 0 Å². The summed E-state index contributed by atoms with van der Waals surface area (Å²) in [6.07, 6.45) is 4.66. The third-order valence-corrected chi connectivity index (χ3v) is 4.98. The Morgan fingerprint density at radius 3 is 2.47 bits per heavy atom. The lowest BCUT2D eigenvalue weighted by atomic mass is 10.0. The first kappa shape index (κ1) is 19.6. The van der Waals surface area contributed by atoms with Gasteiger partial charge in [0.2, 0.25) is 5.91 Å². The quantitative estimate of drug-likeness (QED) is 0.515. The largest absolute Gasteiger partial charge is 0.348 e. The highest BCUT2D eigenvalue weighted by molar-refractivity contribution is 5.78. The van der Waals surface area contributed by atoms with Crippen LogP contribution in [0.15, 0.2) is 78.0 Å². The fourth-order valence-electron chi connectivity index (χ4n) is 3.51. The van der Waals surface area contributed by atoms with Crippen LogP contribution in [0.2, 0.25) is 0 Å². The molecule has 0 aliphatic carbocycles. The molecule has 2 heterocycles. The van der Waals surface area contributed by atoms with Crippen LogP contribution in [-0.2, 0) is 11.3 Å². The Bertz CT molecular complexity index is 1200. The van der Waals surface area contributed by atoms with Gasteiger partial charge >= 0.3 is 0 Å². The van der Waals surface area contributed by atoms with E-state index in [2.05, 4.69) is 22.3 Å². The van der Waals surface area contributed by atoms with Gasteiger partial charge in [0.1, 0.15) is 18.3 Å². The van der Waals surface area contributed by atoms with Gasteiger partial charge in [0.15, 0.2) is 5.65 Å². The van der Waals surface area contributed by atoms with Gasteiger partial charge in [-0.3, -0.25) is 14.2 Å². The van der Waals surface area contributed by atoms with Crippen molar-refractivity contribution in [2.24, 2.45) is 0 Å². The summed E-state index contributed by atoms with van der Waals surface area (Å²) in [5.41, 5.74) is 2.05. The number of fused-ring (bicyclic) bond motifs is 1. The van der Waals surface area contributed by atoms with Crippen LogP contribution in [0.3, 0.4) is 0 Å². The average Bonchev–Trinajstić information content (AvgIpc) is 3.21. The highest BCUT2D eigenvalue weighted by atomic mass is 16.2. The Kier molecular flexibility index (Phi) is 5.70. The lowest BCUT2D eigenvalue weighted by Crippen LogP contribution is -2.34. The zero-order valence-electron chi connectivity index (χ0n) is 16.7. The summed E-state index contributed by atoms with van der Waals surface area (Å²) in [5.74, 6) is -0.226. The van der Waals surface area contributed by atoms with E-state index in [9.17, 15) is 9.59 Å². The Morgan fingerprint density at radius 1 is 1.07 bits per heavy atom. The average molecular weight is 401 g/mol. The summed E-state index contributed by atoms with van der Waals surface area (Å²) in [6.45, 7) is 1.99. The molecule has 1 amide bonds. The first-order valence-electron chi connectivity index (χ1n) is 10.00. The Balaban J connectivity index is 1.56. The van der Waals surface area contributed by atoms with Gasteiger partial charge in [0, 0.05) is 0 Å². The molecule has 7 heteroatoms. The lowest BCUT2D eigenvalue weighted by Gasteiger charge is -2.19. The molecule has 0 fully saturated rings. The molecule has 30 heavy (non-hydrogen) atoms. The van der Waals surface area contributed by atoms with E-state index >= 15 is 0 Å². The van der Waals surface area contributed by atoms with Crippen molar-refractivity contribution in [3.8, 4) is 5.69 Å². The second-order valence-electron chi connectivity index (χ2n) is 7.13. The molecule has 1 N–H and O–H groups in total. The van der Waals surface area contributed by atoms with Crippen LogP contribution in [0, 0.1) is 0 Å². The molecule has 2 aromatic carbocycles. The van der Waals surface area contributed by atoms with Crippen LogP contribution < -0.4 is 10.9 Å². The van der Waals surface area contributed by atoms with Crippen LogP contribution in [0.25, 0.3) is 16.7 Å². The fraction of sp³-hybridized carbons (Fsp3) is 0.217. The number of nitrogens with zero attached hydrogens (tertiary/aromatic N) is 4. The first-order valence-corrected chi connectivity index (χ1v) is 10.00. The lowest BCUT2D eigenvalue weighted by molar-refractivity contribution is -0.122. The van der Waals surface area contributed by atoms with Gasteiger partial charge in [-0.05, 0) is 24.1 Å². The molecule has 0 saturated carbocycles. The summed E-state index contributed by atoms with van der Waals surface area (Å²) < 4.78 is 2.94. The highest BCUT2D eigenvalue weighted by Gasteiger charge is 2.16. The van der Waals surface area contributed by atoms with Gasteiger partial charge in [-0.2, -0.15) is 5.10 Å². The summed E-state index contributed by atoms with van der Waals surface area (Å²) in [4.78, 5) is 29.9. The maximum absolute atomic E-state index is 12.9. The maximum atomic E-state index is 12.9. The number of carbonyl (C=O) groups is 1. The number of hydrogen-bond donors (Lipinski definition) is 1. The van der Waals surface area contributed by atoms with Gasteiger partial charge in [-0.1, -0.05) is 61.9 Å². The monoisotopic (exact) mass is 401 g/mol. The smallest absolute Gasteiger partial charge is 0.264 e. The maximum Gasteiger partial charge on any atom is 0.264 e. The molecule has 0 radical (unpaired) electrons. The molecule has 1 atom stereocenters. The predicted octanol–water partition coefficient (Wildman–Crippen LogP) is 3.24. The predicted molar refractivity (Wildman–Crippen MR) is 115 cm³/mol. The summed E-state index contributed by atoms with van der Waals surface area (Å²) >= 11 is 0. The van der Waals surface area contributed by atoms with Crippen LogP contribution in [-0.4, -0.2) is 25.2 Å². The Labute approximate surface area is 174 Å². The molecule has 0 saturated heterocycles. The number of rotatable bonds is 7. The molecule has 0 spiro atoms. The van der Waals surface area contributed by atoms with Crippen molar-refractivity contribution in [2.45, 2.75) is 32.4 Å². The third kappa shape index (κ3) is 4.00. The summed E-state index contributed by atoms with van der Waals surface area (Å²) in [6, 6.07) is 19.3. The number of aromatic nitrogens is 4. The van der Waals surface area contributed by atoms with Gasteiger partial charge in [-0.15, -0.1) is 0 Å². The number of carbonyl (C=O) groups excluding carboxylic acids is 1. The summed E-state index contributed by atoms with van der Waals surface area (Å²) in [7, 11) is 0. The Hall–Kier alpha value is -3.74. The summed E-state index contributed by atoms with van der Waals surface area (Å²) in [5, 5.41) is 7.72. The molecule has 0 aliphatic rings. The van der Waals surface area contributed by atoms with Crippen molar-refractivity contribution in [1.82, 2.24) is 24.6 Å². The van der Waals surface area contributed by atoms with Gasteiger partial charge in [0.05, 0.1) is 17.9 Å². The number of nitrogens with one attached hydrogen (secondary N) is 1. The molecule has 0 bridgehead atoms. The van der Waals surface area contributed by atoms with Crippen molar-refractivity contribution >= 4 is 16.9 Å². The molecule has 4 rings (SSSR count). The fourth-order valence-corrected chi connectivity index (χ4v) is 3.51. The van der Waals surface area contributed by atoms with E-state index in [-0.39, 0.29) is 24.1 Å². The van der Waals surface area contributed by atoms with Gasteiger partial charge in [0.25, 0.3) is 5.56 Å². The number of amides is 1. The SMILES string of the molecule is CCC[C@H](NC(=O)Cn1cnc2c(cnn2-c2ccccc2)c1=O)c1ccccc1. The second-order valence-corrected chi connectivity index (χ2v) is 7.13. The van der Waals surface area contributed by atoms with Crippen LogP contribution in [0.1, 0.15) is 31.4 Å². The van der Waals surface area contributed by atoms with Crippen molar-refractivity contribution in [2.75, 3.05) is 0 Å². The molecule has 0 unspecified atom stereocenters. The number of benzene rings is 2. The van der Waals surface area contributed by atoms with E-state index in [4.69, 9.17) is 0 Å². The molecule has 0 aliphatic heterocycles. The van der Waals surface area contributed by atoms with E-state index in [1.54, 1.807) is 4.68 Å². The zero-order valence-corrected chi connectivity index (χ0v) is 16.7. The topological polar surface area (TPSA) is 81.8 Å². The van der Waals surface area contributed by atoms with E-state index in [0.717, 1.165) is 24.1 Å². The third-order valence-electron chi connectivity index (χ3n) is 4.98. The molecule has 7 nitrogen and oxygen atoms in total. The molecular weight excluding hydrogens is 378 g/mol. The molecule has 2 aromatic heterocycles. The molecule has 4 aromatic rings. The van der Waals surface area contributed by atoms with Gasteiger partial charge in [-0.25, -0.2) is 9.67 Å². The van der Waals surface area contributed by atoms with E-state index < -0.39 is 0 Å². The van der Waals surface area contributed by atoms with Crippen molar-refractivity contribution in [3.05, 3.63) is 89.1 Å². The van der Waals surface area contributed by atoms with E-state index in [1.807, 2.05) is 60.7 Å². The Morgan fingerprint density at radius 2 is 1.77 bits per heavy atom. The van der Waals surface area contributed by atoms with E-state index in [0.29, 0.717) is 11.0 Å². The van der Waals surface area contributed by atoms with E-state index in [1.165, 1.54) is 17.1 Å². The zero-order chi connectivity index (χ0) is 20.9.